The number of halogens is 2. The van der Waals surface area contributed by atoms with Gasteiger partial charge in [0.2, 0.25) is 0 Å². The number of carbonyl (C=O) groups is 1. The average Bonchev–Trinajstić information content (AvgIpc) is 2.59. The van der Waals surface area contributed by atoms with Crippen LogP contribution in [0.1, 0.15) is 22.9 Å². The molecule has 0 saturated carbocycles. The van der Waals surface area contributed by atoms with Gasteiger partial charge < -0.3 is 10.4 Å². The maximum absolute atomic E-state index is 13.7. The first-order valence-corrected chi connectivity index (χ1v) is 8.03. The van der Waals surface area contributed by atoms with Crippen molar-refractivity contribution in [1.82, 2.24) is 0 Å². The molecule has 27 heavy (non-hydrogen) atoms. The molecular weight excluding hydrogens is 368 g/mol. The zero-order chi connectivity index (χ0) is 18.8. The number of amides is 1. The second-order valence-electron chi connectivity index (χ2n) is 6.08. The summed E-state index contributed by atoms with van der Waals surface area (Å²) in [5.74, 6) is -2.47. The lowest BCUT2D eigenvalue weighted by Gasteiger charge is -2.11. The molecule has 3 nitrogen and oxygen atoms in total. The third-order valence-corrected chi connectivity index (χ3v) is 4.19. The van der Waals surface area contributed by atoms with Crippen LogP contribution >= 0.6 is 13.5 Å². The van der Waals surface area contributed by atoms with Gasteiger partial charge in [0.15, 0.2) is 0 Å². The Morgan fingerprint density at radius 3 is 2.15 bits per heavy atom. The number of nitrogens with one attached hydrogen (secondary N) is 1. The van der Waals surface area contributed by atoms with Crippen molar-refractivity contribution in [3.63, 3.8) is 0 Å². The summed E-state index contributed by atoms with van der Waals surface area (Å²) in [6.45, 7) is 3.77. The molecule has 142 valence electrons. The normalized spacial score (nSPS) is 10.2. The summed E-state index contributed by atoms with van der Waals surface area (Å²) >= 11 is 0. The molecule has 3 aromatic carbocycles. The minimum Gasteiger partial charge on any atom is -0.508 e. The van der Waals surface area contributed by atoms with Crippen molar-refractivity contribution < 1.29 is 20.1 Å². The van der Waals surface area contributed by atoms with Crippen LogP contribution < -0.4 is 5.32 Å². The van der Waals surface area contributed by atoms with Crippen LogP contribution in [0.4, 0.5) is 14.5 Å². The second kappa shape index (κ2) is 8.22. The van der Waals surface area contributed by atoms with Gasteiger partial charge in [-0.2, -0.15) is 13.5 Å². The van der Waals surface area contributed by atoms with Gasteiger partial charge in [-0.3, -0.25) is 4.79 Å². The fraction of sp³-hybridized carbons (Fsp3) is 0.0952. The van der Waals surface area contributed by atoms with Crippen molar-refractivity contribution in [3.8, 4) is 16.9 Å². The van der Waals surface area contributed by atoms with Crippen LogP contribution in [0, 0.1) is 25.5 Å². The minimum atomic E-state index is -0.912. The van der Waals surface area contributed by atoms with Gasteiger partial charge in [0.05, 0.1) is 0 Å². The molecule has 1 amide bonds. The summed E-state index contributed by atoms with van der Waals surface area (Å²) < 4.78 is 27.4. The fourth-order valence-corrected chi connectivity index (χ4v) is 2.79. The van der Waals surface area contributed by atoms with Crippen LogP contribution in [0.5, 0.6) is 5.75 Å². The number of hydrogen-bond donors (Lipinski definition) is 2. The van der Waals surface area contributed by atoms with Gasteiger partial charge in [0.1, 0.15) is 22.9 Å². The molecule has 3 rings (SSSR count). The lowest BCUT2D eigenvalue weighted by atomic mass is 9.98. The largest absolute Gasteiger partial charge is 0.508 e. The van der Waals surface area contributed by atoms with E-state index in [1.807, 2.05) is 19.9 Å². The Balaban J connectivity index is 0.00000196. The Labute approximate surface area is 164 Å². The van der Waals surface area contributed by atoms with Crippen molar-refractivity contribution in [2.45, 2.75) is 13.8 Å². The minimum absolute atomic E-state index is 0. The van der Waals surface area contributed by atoms with Crippen LogP contribution in [0.3, 0.4) is 0 Å². The number of aromatic hydroxyl groups is 1. The smallest absolute Gasteiger partial charge is 0.261 e. The highest BCUT2D eigenvalue weighted by Gasteiger charge is 2.17. The van der Waals surface area contributed by atoms with Gasteiger partial charge >= 0.3 is 0 Å². The molecule has 0 spiro atoms. The fourth-order valence-electron chi connectivity index (χ4n) is 2.79. The monoisotopic (exact) mass is 389 g/mol. The zero-order valence-electron chi connectivity index (χ0n) is 14.8. The summed E-state index contributed by atoms with van der Waals surface area (Å²) in [6.07, 6.45) is 0. The molecule has 0 aliphatic rings. The number of hydrogen-bond acceptors (Lipinski definition) is 2. The van der Waals surface area contributed by atoms with Crippen LogP contribution in [0.25, 0.3) is 11.1 Å². The molecule has 0 bridgehead atoms. The van der Waals surface area contributed by atoms with Gasteiger partial charge in [-0.25, -0.2) is 8.78 Å². The Kier molecular flexibility index (Phi) is 6.23. The van der Waals surface area contributed by atoms with E-state index in [0.717, 1.165) is 34.4 Å². The number of carbonyl (C=O) groups excluding carboxylic acids is 1. The summed E-state index contributed by atoms with van der Waals surface area (Å²) in [7, 11) is 0. The Morgan fingerprint density at radius 2 is 1.56 bits per heavy atom. The number of anilines is 1. The van der Waals surface area contributed by atoms with Gasteiger partial charge in [-0.1, -0.05) is 24.3 Å². The van der Waals surface area contributed by atoms with Crippen LogP contribution in [0.15, 0.2) is 54.6 Å². The Morgan fingerprint density at radius 1 is 0.963 bits per heavy atom. The first-order chi connectivity index (χ1) is 12.4. The van der Waals surface area contributed by atoms with E-state index in [-0.39, 0.29) is 20.7 Å². The molecule has 0 fully saturated rings. The maximum Gasteiger partial charge on any atom is 0.261 e. The van der Waals surface area contributed by atoms with E-state index in [0.29, 0.717) is 5.69 Å². The standard InChI is InChI=1S/C21H17F2NO2.H2S.H2/c1-12-10-13(2)19(25)11-16(12)14-6-8-15(9-7-14)24-21(26)20-17(22)4-3-5-18(20)23;;/h3-11,25H,1-2H3,(H,24,26);1H2;1H. The van der Waals surface area contributed by atoms with Crippen molar-refractivity contribution in [1.29, 1.82) is 0 Å². The molecule has 6 heteroatoms. The number of aryl methyl sites for hydroxylation is 2. The van der Waals surface area contributed by atoms with Crippen LogP contribution in [-0.2, 0) is 0 Å². The van der Waals surface area contributed by atoms with E-state index in [1.54, 1.807) is 30.3 Å². The number of phenolic OH excluding ortho intramolecular Hbond substituents is 1. The van der Waals surface area contributed by atoms with Crippen molar-refractivity contribution in [3.05, 3.63) is 82.9 Å². The van der Waals surface area contributed by atoms with E-state index in [2.05, 4.69) is 5.32 Å². The molecule has 0 saturated heterocycles. The highest BCUT2D eigenvalue weighted by Crippen LogP contribution is 2.30. The quantitative estimate of drug-likeness (QED) is 0.616. The van der Waals surface area contributed by atoms with Gasteiger partial charge in [-0.15, -0.1) is 0 Å². The number of rotatable bonds is 3. The van der Waals surface area contributed by atoms with Gasteiger partial charge in [0.25, 0.3) is 5.91 Å². The molecule has 0 aliphatic carbocycles. The maximum atomic E-state index is 13.7. The Bertz CT molecular complexity index is 974. The summed E-state index contributed by atoms with van der Waals surface area (Å²) in [5.41, 5.74) is 3.32. The highest BCUT2D eigenvalue weighted by atomic mass is 32.1. The SMILES string of the molecule is Cc1cc(C)c(-c2ccc(NC(=O)c3c(F)cccc3F)cc2)cc1O.S.[HH]. The second-order valence-corrected chi connectivity index (χ2v) is 6.08. The molecule has 2 N–H and O–H groups in total. The third-order valence-electron chi connectivity index (χ3n) is 4.19. The first kappa shape index (κ1) is 20.5. The summed E-state index contributed by atoms with van der Waals surface area (Å²) in [5, 5.41) is 12.4. The van der Waals surface area contributed by atoms with E-state index in [1.165, 1.54) is 6.07 Å². The van der Waals surface area contributed by atoms with Gasteiger partial charge in [-0.05, 0) is 66.4 Å². The molecule has 3 aromatic rings. The van der Waals surface area contributed by atoms with Crippen LogP contribution in [-0.4, -0.2) is 11.0 Å². The van der Waals surface area contributed by atoms with Crippen molar-refractivity contribution >= 4 is 25.1 Å². The predicted octanol–water partition coefficient (Wildman–Crippen LogP) is 5.57. The summed E-state index contributed by atoms with van der Waals surface area (Å²) in [6, 6.07) is 13.7. The molecule has 0 unspecified atom stereocenters. The molecular formula is C21H21F2NO2S. The molecule has 0 heterocycles. The Hall–Kier alpha value is -2.86. The van der Waals surface area contributed by atoms with Crippen molar-refractivity contribution in [2.24, 2.45) is 0 Å². The predicted molar refractivity (Wildman–Crippen MR) is 110 cm³/mol. The molecule has 0 aliphatic heterocycles. The van der Waals surface area contributed by atoms with E-state index < -0.39 is 23.1 Å². The molecule has 0 aromatic heterocycles. The summed E-state index contributed by atoms with van der Waals surface area (Å²) in [4.78, 5) is 12.1. The number of benzene rings is 3. The molecule has 0 radical (unpaired) electrons. The highest BCUT2D eigenvalue weighted by molar-refractivity contribution is 7.59. The van der Waals surface area contributed by atoms with E-state index in [9.17, 15) is 18.7 Å². The molecule has 0 atom stereocenters. The average molecular weight is 389 g/mol. The lowest BCUT2D eigenvalue weighted by molar-refractivity contribution is 0.101. The zero-order valence-corrected chi connectivity index (χ0v) is 15.8. The first-order valence-electron chi connectivity index (χ1n) is 8.03. The van der Waals surface area contributed by atoms with Crippen molar-refractivity contribution in [2.75, 3.05) is 5.32 Å². The lowest BCUT2D eigenvalue weighted by Crippen LogP contribution is -2.15. The third kappa shape index (κ3) is 4.28. The van der Waals surface area contributed by atoms with E-state index >= 15 is 0 Å². The van der Waals surface area contributed by atoms with Gasteiger partial charge in [0, 0.05) is 7.11 Å². The number of phenols is 1. The van der Waals surface area contributed by atoms with E-state index in [4.69, 9.17) is 0 Å². The van der Waals surface area contributed by atoms with Crippen LogP contribution in [0.2, 0.25) is 0 Å². The topological polar surface area (TPSA) is 49.3 Å².